The number of hydrogen-bond acceptors (Lipinski definition) is 2. The molecular weight excluding hydrogens is 302 g/mol. The van der Waals surface area contributed by atoms with Gasteiger partial charge < -0.3 is 16.0 Å². The van der Waals surface area contributed by atoms with Gasteiger partial charge in [0.25, 0.3) is 0 Å². The Morgan fingerprint density at radius 3 is 2.17 bits per heavy atom. The zero-order valence-corrected chi connectivity index (χ0v) is 13.6. The predicted octanol–water partition coefficient (Wildman–Crippen LogP) is 3.87. The first-order valence-corrected chi connectivity index (χ1v) is 7.77. The highest BCUT2D eigenvalue weighted by molar-refractivity contribution is 5.92. The molecule has 0 aliphatic rings. The third-order valence-electron chi connectivity index (χ3n) is 3.30. The fourth-order valence-electron chi connectivity index (χ4n) is 2.05. The van der Waals surface area contributed by atoms with Crippen LogP contribution < -0.4 is 16.0 Å². The summed E-state index contributed by atoms with van der Waals surface area (Å²) in [6, 6.07) is 16.7. The number of nitrogens with one attached hydrogen (secondary N) is 3. The Bertz CT molecular complexity index is 694. The van der Waals surface area contributed by atoms with Gasteiger partial charge in [0.2, 0.25) is 5.91 Å². The lowest BCUT2D eigenvalue weighted by Crippen LogP contribution is -2.24. The van der Waals surface area contributed by atoms with Crippen LogP contribution in [-0.4, -0.2) is 19.0 Å². The first-order chi connectivity index (χ1) is 11.7. The molecule has 0 fully saturated rings. The Kier molecular flexibility index (Phi) is 6.58. The van der Waals surface area contributed by atoms with Crippen molar-refractivity contribution >= 4 is 29.4 Å². The molecule has 0 bridgehead atoms. The van der Waals surface area contributed by atoms with Gasteiger partial charge in [0.1, 0.15) is 0 Å². The SMILES string of the molecule is CNC(=O)Nc1ccc(NC(=O)CC/C=C\c2ccccc2)cc1. The Labute approximate surface area is 141 Å². The molecule has 0 aliphatic heterocycles. The molecule has 0 heterocycles. The van der Waals surface area contributed by atoms with E-state index in [9.17, 15) is 9.59 Å². The van der Waals surface area contributed by atoms with Gasteiger partial charge in [-0.05, 0) is 36.2 Å². The zero-order valence-electron chi connectivity index (χ0n) is 13.6. The van der Waals surface area contributed by atoms with Crippen molar-refractivity contribution in [3.8, 4) is 0 Å². The van der Waals surface area contributed by atoms with Gasteiger partial charge in [0, 0.05) is 24.8 Å². The average molecular weight is 323 g/mol. The molecule has 2 aromatic rings. The number of benzene rings is 2. The van der Waals surface area contributed by atoms with E-state index in [0.29, 0.717) is 24.2 Å². The van der Waals surface area contributed by atoms with Crippen molar-refractivity contribution < 1.29 is 9.59 Å². The van der Waals surface area contributed by atoms with Crippen molar-refractivity contribution in [2.45, 2.75) is 12.8 Å². The highest BCUT2D eigenvalue weighted by atomic mass is 16.2. The summed E-state index contributed by atoms with van der Waals surface area (Å²) < 4.78 is 0. The monoisotopic (exact) mass is 323 g/mol. The minimum atomic E-state index is -0.281. The number of amides is 3. The first-order valence-electron chi connectivity index (χ1n) is 7.77. The van der Waals surface area contributed by atoms with E-state index in [1.165, 1.54) is 0 Å². The fraction of sp³-hybridized carbons (Fsp3) is 0.158. The topological polar surface area (TPSA) is 70.2 Å². The molecule has 3 N–H and O–H groups in total. The molecule has 0 saturated heterocycles. The van der Waals surface area contributed by atoms with Gasteiger partial charge in [0.15, 0.2) is 0 Å². The molecule has 0 spiro atoms. The second kappa shape index (κ2) is 9.15. The maximum atomic E-state index is 11.9. The van der Waals surface area contributed by atoms with Gasteiger partial charge in [-0.25, -0.2) is 4.79 Å². The standard InChI is InChI=1S/C19H21N3O2/c1-20-19(24)22-17-13-11-16(12-14-17)21-18(23)10-6-5-9-15-7-3-2-4-8-15/h2-5,7-9,11-14H,6,10H2,1H3,(H,21,23)(H2,20,22,24)/b9-5-. The number of anilines is 2. The molecule has 0 unspecified atom stereocenters. The van der Waals surface area contributed by atoms with E-state index in [0.717, 1.165) is 5.56 Å². The maximum Gasteiger partial charge on any atom is 0.318 e. The molecule has 0 aromatic heterocycles. The molecule has 2 rings (SSSR count). The van der Waals surface area contributed by atoms with Crippen molar-refractivity contribution in [2.75, 3.05) is 17.7 Å². The Morgan fingerprint density at radius 2 is 1.54 bits per heavy atom. The second-order valence-corrected chi connectivity index (χ2v) is 5.18. The minimum absolute atomic E-state index is 0.0419. The Balaban J connectivity index is 1.76. The Hall–Kier alpha value is -3.08. The summed E-state index contributed by atoms with van der Waals surface area (Å²) >= 11 is 0. The van der Waals surface area contributed by atoms with Crippen LogP contribution in [0.15, 0.2) is 60.7 Å². The lowest BCUT2D eigenvalue weighted by atomic mass is 10.2. The fourth-order valence-corrected chi connectivity index (χ4v) is 2.05. The third kappa shape index (κ3) is 5.96. The van der Waals surface area contributed by atoms with E-state index < -0.39 is 0 Å². The van der Waals surface area contributed by atoms with Crippen LogP contribution >= 0.6 is 0 Å². The van der Waals surface area contributed by atoms with Crippen molar-refractivity contribution in [1.29, 1.82) is 0 Å². The largest absolute Gasteiger partial charge is 0.341 e. The van der Waals surface area contributed by atoms with Crippen LogP contribution in [0.1, 0.15) is 18.4 Å². The predicted molar refractivity (Wildman–Crippen MR) is 97.9 cm³/mol. The van der Waals surface area contributed by atoms with E-state index in [1.807, 2.05) is 42.5 Å². The zero-order chi connectivity index (χ0) is 17.2. The Morgan fingerprint density at radius 1 is 0.917 bits per heavy atom. The number of hydrogen-bond donors (Lipinski definition) is 3. The maximum absolute atomic E-state index is 11.9. The molecule has 0 saturated carbocycles. The summed E-state index contributed by atoms with van der Waals surface area (Å²) in [6.07, 6.45) is 5.09. The van der Waals surface area contributed by atoms with Crippen molar-refractivity contribution in [2.24, 2.45) is 0 Å². The lowest BCUT2D eigenvalue weighted by Gasteiger charge is -2.07. The van der Waals surface area contributed by atoms with Gasteiger partial charge in [-0.15, -0.1) is 0 Å². The number of urea groups is 1. The van der Waals surface area contributed by atoms with Gasteiger partial charge in [-0.2, -0.15) is 0 Å². The van der Waals surface area contributed by atoms with Crippen molar-refractivity contribution in [3.05, 3.63) is 66.2 Å². The molecule has 5 nitrogen and oxygen atoms in total. The van der Waals surface area contributed by atoms with Crippen LogP contribution in [0.5, 0.6) is 0 Å². The van der Waals surface area contributed by atoms with Crippen LogP contribution in [0.4, 0.5) is 16.2 Å². The van der Waals surface area contributed by atoms with E-state index in [1.54, 1.807) is 31.3 Å². The molecule has 5 heteroatoms. The van der Waals surface area contributed by atoms with E-state index in [4.69, 9.17) is 0 Å². The first kappa shape index (κ1) is 17.3. The number of carbonyl (C=O) groups is 2. The smallest absolute Gasteiger partial charge is 0.318 e. The van der Waals surface area contributed by atoms with Gasteiger partial charge in [-0.3, -0.25) is 4.79 Å². The lowest BCUT2D eigenvalue weighted by molar-refractivity contribution is -0.116. The summed E-state index contributed by atoms with van der Waals surface area (Å²) in [7, 11) is 1.55. The highest BCUT2D eigenvalue weighted by Gasteiger charge is 2.02. The summed E-state index contributed by atoms with van der Waals surface area (Å²) in [5.74, 6) is -0.0419. The number of allylic oxidation sites excluding steroid dienone is 1. The van der Waals surface area contributed by atoms with Gasteiger partial charge in [-0.1, -0.05) is 42.5 Å². The molecule has 3 amide bonds. The quantitative estimate of drug-likeness (QED) is 0.755. The molecule has 24 heavy (non-hydrogen) atoms. The summed E-state index contributed by atoms with van der Waals surface area (Å²) in [6.45, 7) is 0. The average Bonchev–Trinajstić information content (AvgIpc) is 2.61. The molecular formula is C19H21N3O2. The third-order valence-corrected chi connectivity index (χ3v) is 3.30. The summed E-state index contributed by atoms with van der Waals surface area (Å²) in [4.78, 5) is 23.1. The molecule has 0 radical (unpaired) electrons. The van der Waals surface area contributed by atoms with Crippen molar-refractivity contribution in [1.82, 2.24) is 5.32 Å². The van der Waals surface area contributed by atoms with Crippen LogP contribution in [0.2, 0.25) is 0 Å². The van der Waals surface area contributed by atoms with E-state index in [-0.39, 0.29) is 11.9 Å². The normalized spacial score (nSPS) is 10.4. The highest BCUT2D eigenvalue weighted by Crippen LogP contribution is 2.14. The van der Waals surface area contributed by atoms with E-state index >= 15 is 0 Å². The number of carbonyl (C=O) groups excluding carboxylic acids is 2. The molecule has 0 aliphatic carbocycles. The van der Waals surface area contributed by atoms with Crippen LogP contribution in [-0.2, 0) is 4.79 Å². The second-order valence-electron chi connectivity index (χ2n) is 5.18. The molecule has 0 atom stereocenters. The summed E-state index contributed by atoms with van der Waals surface area (Å²) in [5.41, 5.74) is 2.49. The van der Waals surface area contributed by atoms with Crippen LogP contribution in [0, 0.1) is 0 Å². The van der Waals surface area contributed by atoms with Gasteiger partial charge in [0.05, 0.1) is 0 Å². The molecule has 124 valence electrons. The number of rotatable bonds is 6. The van der Waals surface area contributed by atoms with Crippen molar-refractivity contribution in [3.63, 3.8) is 0 Å². The summed E-state index contributed by atoms with van der Waals surface area (Å²) in [5, 5.41) is 7.97. The van der Waals surface area contributed by atoms with E-state index in [2.05, 4.69) is 16.0 Å². The van der Waals surface area contributed by atoms with Gasteiger partial charge >= 0.3 is 6.03 Å². The minimum Gasteiger partial charge on any atom is -0.341 e. The van der Waals surface area contributed by atoms with Crippen LogP contribution in [0.3, 0.4) is 0 Å². The van der Waals surface area contributed by atoms with Crippen LogP contribution in [0.25, 0.3) is 6.08 Å². The molecule has 2 aromatic carbocycles.